The second-order valence-corrected chi connectivity index (χ2v) is 2.73. The van der Waals surface area contributed by atoms with Gasteiger partial charge in [-0.25, -0.2) is 0 Å². The summed E-state index contributed by atoms with van der Waals surface area (Å²) < 4.78 is 35.4. The van der Waals surface area contributed by atoms with Crippen molar-refractivity contribution in [2.45, 2.75) is 6.18 Å². The molecule has 0 saturated carbocycles. The van der Waals surface area contributed by atoms with Crippen LogP contribution in [0.25, 0.3) is 0 Å². The Bertz CT molecular complexity index is 223. The third-order valence-electron chi connectivity index (χ3n) is 1.42. The van der Waals surface area contributed by atoms with Crippen molar-refractivity contribution < 1.29 is 22.8 Å². The summed E-state index contributed by atoms with van der Waals surface area (Å²) in [5.41, 5.74) is 0. The molecule has 4 nitrogen and oxygen atoms in total. The van der Waals surface area contributed by atoms with Crippen LogP contribution in [0, 0.1) is 0 Å². The van der Waals surface area contributed by atoms with Crippen molar-refractivity contribution in [2.75, 3.05) is 19.6 Å². The van der Waals surface area contributed by atoms with Crippen molar-refractivity contribution in [1.82, 2.24) is 10.2 Å². The Morgan fingerprint density at radius 2 is 1.69 bits per heavy atom. The summed E-state index contributed by atoms with van der Waals surface area (Å²) in [6.07, 6.45) is -4.38. The number of alkyl halides is 3. The highest BCUT2D eigenvalue weighted by molar-refractivity contribution is 5.99. The van der Waals surface area contributed by atoms with Gasteiger partial charge in [0.1, 0.15) is 0 Å². The van der Waals surface area contributed by atoms with E-state index in [1.807, 2.05) is 5.32 Å². The van der Waals surface area contributed by atoms with Crippen LogP contribution in [0.2, 0.25) is 0 Å². The molecule has 0 atom stereocenters. The normalized spacial score (nSPS) is 20.2. The topological polar surface area (TPSA) is 49.4 Å². The molecule has 0 radical (unpaired) electrons. The van der Waals surface area contributed by atoms with Crippen LogP contribution < -0.4 is 5.32 Å². The SMILES string of the molecule is O=C1CN(CC(F)(F)F)CC(=O)N1. The average Bonchev–Trinajstić information content (AvgIpc) is 1.78. The Labute approximate surface area is 71.7 Å². The Balaban J connectivity index is 2.51. The summed E-state index contributed by atoms with van der Waals surface area (Å²) in [5.74, 6) is -1.39. The molecule has 1 aliphatic heterocycles. The molecule has 0 bridgehead atoms. The van der Waals surface area contributed by atoms with Crippen LogP contribution in [0.1, 0.15) is 0 Å². The van der Waals surface area contributed by atoms with Gasteiger partial charge in [0.15, 0.2) is 0 Å². The number of imide groups is 1. The molecular weight excluding hydrogens is 189 g/mol. The second kappa shape index (κ2) is 3.33. The van der Waals surface area contributed by atoms with Crippen molar-refractivity contribution in [3.05, 3.63) is 0 Å². The largest absolute Gasteiger partial charge is 0.401 e. The van der Waals surface area contributed by atoms with Crippen LogP contribution >= 0.6 is 0 Å². The predicted molar refractivity (Wildman–Crippen MR) is 35.6 cm³/mol. The number of hydrogen-bond acceptors (Lipinski definition) is 3. The van der Waals surface area contributed by atoms with Crippen LogP contribution in [0.4, 0.5) is 13.2 Å². The van der Waals surface area contributed by atoms with Gasteiger partial charge in [0.25, 0.3) is 0 Å². The van der Waals surface area contributed by atoms with Crippen molar-refractivity contribution in [1.29, 1.82) is 0 Å². The van der Waals surface area contributed by atoms with E-state index in [1.165, 1.54) is 0 Å². The number of halogens is 3. The smallest absolute Gasteiger partial charge is 0.294 e. The lowest BCUT2D eigenvalue weighted by atomic mass is 10.3. The van der Waals surface area contributed by atoms with Crippen molar-refractivity contribution >= 4 is 11.8 Å². The van der Waals surface area contributed by atoms with E-state index in [1.54, 1.807) is 0 Å². The number of nitrogens with one attached hydrogen (secondary N) is 1. The lowest BCUT2D eigenvalue weighted by Crippen LogP contribution is -2.53. The monoisotopic (exact) mass is 196 g/mol. The highest BCUT2D eigenvalue weighted by Gasteiger charge is 2.34. The maximum atomic E-state index is 11.8. The number of amides is 2. The Hall–Kier alpha value is -1.11. The standard InChI is InChI=1S/C6H7F3N2O2/c7-6(8,9)3-11-1-4(12)10-5(13)2-11/h1-3H2,(H,10,12,13). The first-order valence-corrected chi connectivity index (χ1v) is 3.48. The number of hydrogen-bond donors (Lipinski definition) is 1. The van der Waals surface area contributed by atoms with E-state index in [-0.39, 0.29) is 13.1 Å². The summed E-state index contributed by atoms with van der Waals surface area (Å²) in [6, 6.07) is 0. The minimum atomic E-state index is -4.38. The predicted octanol–water partition coefficient (Wildman–Crippen LogP) is -0.493. The first-order chi connectivity index (χ1) is 5.87. The molecule has 1 rings (SSSR count). The molecule has 1 aliphatic rings. The maximum Gasteiger partial charge on any atom is 0.401 e. The quantitative estimate of drug-likeness (QED) is 0.575. The summed E-state index contributed by atoms with van der Waals surface area (Å²) in [6.45, 7) is -2.00. The van der Waals surface area contributed by atoms with Gasteiger partial charge in [-0.3, -0.25) is 19.8 Å². The summed E-state index contributed by atoms with van der Waals surface area (Å²) in [7, 11) is 0. The molecule has 0 aromatic heterocycles. The van der Waals surface area contributed by atoms with Crippen LogP contribution in [0.5, 0.6) is 0 Å². The van der Waals surface area contributed by atoms with Gasteiger partial charge in [0, 0.05) is 0 Å². The second-order valence-electron chi connectivity index (χ2n) is 2.73. The molecule has 1 heterocycles. The van der Waals surface area contributed by atoms with E-state index in [0.29, 0.717) is 0 Å². The van der Waals surface area contributed by atoms with Crippen LogP contribution in [0.15, 0.2) is 0 Å². The number of carbonyl (C=O) groups excluding carboxylic acids is 2. The minimum Gasteiger partial charge on any atom is -0.294 e. The molecule has 13 heavy (non-hydrogen) atoms. The third-order valence-corrected chi connectivity index (χ3v) is 1.42. The van der Waals surface area contributed by atoms with Gasteiger partial charge in [-0.05, 0) is 0 Å². The highest BCUT2D eigenvalue weighted by Crippen LogP contribution is 2.16. The first-order valence-electron chi connectivity index (χ1n) is 3.48. The van der Waals surface area contributed by atoms with Gasteiger partial charge < -0.3 is 0 Å². The molecule has 0 aromatic carbocycles. The van der Waals surface area contributed by atoms with Crippen LogP contribution in [-0.2, 0) is 9.59 Å². The highest BCUT2D eigenvalue weighted by atomic mass is 19.4. The van der Waals surface area contributed by atoms with Crippen molar-refractivity contribution in [3.63, 3.8) is 0 Å². The fourth-order valence-electron chi connectivity index (χ4n) is 1.06. The van der Waals surface area contributed by atoms with E-state index >= 15 is 0 Å². The van der Waals surface area contributed by atoms with Gasteiger partial charge in [-0.1, -0.05) is 0 Å². The van der Waals surface area contributed by atoms with E-state index in [2.05, 4.69) is 0 Å². The summed E-state index contributed by atoms with van der Waals surface area (Å²) in [4.78, 5) is 22.0. The molecule has 1 fully saturated rings. The van der Waals surface area contributed by atoms with E-state index < -0.39 is 24.5 Å². The lowest BCUT2D eigenvalue weighted by Gasteiger charge is -2.25. The molecular formula is C6H7F3N2O2. The summed E-state index contributed by atoms with van der Waals surface area (Å²) in [5, 5.41) is 1.91. The van der Waals surface area contributed by atoms with E-state index in [9.17, 15) is 22.8 Å². The number of nitrogens with zero attached hydrogens (tertiary/aromatic N) is 1. The average molecular weight is 196 g/mol. The van der Waals surface area contributed by atoms with E-state index in [0.717, 1.165) is 4.90 Å². The zero-order valence-electron chi connectivity index (χ0n) is 6.52. The molecule has 0 spiro atoms. The molecule has 0 unspecified atom stereocenters. The van der Waals surface area contributed by atoms with Crippen LogP contribution in [0.3, 0.4) is 0 Å². The van der Waals surface area contributed by atoms with Gasteiger partial charge in [-0.15, -0.1) is 0 Å². The minimum absolute atomic E-state index is 0.384. The van der Waals surface area contributed by atoms with Crippen LogP contribution in [-0.4, -0.2) is 42.5 Å². The first kappa shape index (κ1) is 9.97. The number of piperazine rings is 1. The van der Waals surface area contributed by atoms with Gasteiger partial charge in [0.2, 0.25) is 11.8 Å². The number of carbonyl (C=O) groups is 2. The fraction of sp³-hybridized carbons (Fsp3) is 0.667. The molecule has 2 amide bonds. The molecule has 1 N–H and O–H groups in total. The molecule has 7 heteroatoms. The number of rotatable bonds is 1. The Kier molecular flexibility index (Phi) is 2.55. The molecule has 1 saturated heterocycles. The zero-order valence-corrected chi connectivity index (χ0v) is 6.52. The summed E-state index contributed by atoms with van der Waals surface area (Å²) >= 11 is 0. The van der Waals surface area contributed by atoms with E-state index in [4.69, 9.17) is 0 Å². The van der Waals surface area contributed by atoms with Gasteiger partial charge in [0.05, 0.1) is 19.6 Å². The molecule has 0 aromatic rings. The third kappa shape index (κ3) is 3.41. The Morgan fingerprint density at radius 3 is 2.08 bits per heavy atom. The maximum absolute atomic E-state index is 11.8. The van der Waals surface area contributed by atoms with Crippen molar-refractivity contribution in [3.8, 4) is 0 Å². The zero-order chi connectivity index (χ0) is 10.1. The lowest BCUT2D eigenvalue weighted by molar-refractivity contribution is -0.155. The Morgan fingerprint density at radius 1 is 1.23 bits per heavy atom. The van der Waals surface area contributed by atoms with Crippen molar-refractivity contribution in [2.24, 2.45) is 0 Å². The van der Waals surface area contributed by atoms with Gasteiger partial charge >= 0.3 is 6.18 Å². The molecule has 74 valence electrons. The fourth-order valence-corrected chi connectivity index (χ4v) is 1.06. The molecule has 0 aliphatic carbocycles. The van der Waals surface area contributed by atoms with Gasteiger partial charge in [-0.2, -0.15) is 13.2 Å².